The number of hydrogen-bond acceptors (Lipinski definition) is 2. The number of benzene rings is 2. The van der Waals surface area contributed by atoms with Crippen molar-refractivity contribution in [1.82, 2.24) is 0 Å². The predicted molar refractivity (Wildman–Crippen MR) is 77.8 cm³/mol. The van der Waals surface area contributed by atoms with Crippen molar-refractivity contribution in [2.24, 2.45) is 0 Å². The van der Waals surface area contributed by atoms with Crippen molar-refractivity contribution in [3.05, 3.63) is 71.3 Å². The van der Waals surface area contributed by atoms with Gasteiger partial charge in [0.2, 0.25) is 0 Å². The zero-order valence-corrected chi connectivity index (χ0v) is 11.3. The van der Waals surface area contributed by atoms with Gasteiger partial charge in [0.15, 0.2) is 0 Å². The molecule has 0 radical (unpaired) electrons. The number of hydrogen-bond donors (Lipinski definition) is 1. The lowest BCUT2D eigenvalue weighted by Crippen LogP contribution is -2.05. The quantitative estimate of drug-likeness (QED) is 0.783. The third kappa shape index (κ3) is 4.21. The number of ether oxygens (including phenoxy) is 1. The predicted octanol–water partition coefficient (Wildman–Crippen LogP) is 3.53. The smallest absolute Gasteiger partial charge is 0.336 e. The Kier molecular flexibility index (Phi) is 5.33. The normalized spacial score (nSPS) is 10.4. The molecular weight excluding hydrogens is 252 g/mol. The highest BCUT2D eigenvalue weighted by atomic mass is 16.5. The van der Waals surface area contributed by atoms with Gasteiger partial charge in [-0.05, 0) is 30.0 Å². The third-order valence-corrected chi connectivity index (χ3v) is 3.10. The number of carbonyl (C=O) groups is 1. The molecule has 1 N–H and O–H groups in total. The summed E-state index contributed by atoms with van der Waals surface area (Å²) in [6.45, 7) is 0.972. The molecule has 0 aliphatic heterocycles. The van der Waals surface area contributed by atoms with Gasteiger partial charge in [-0.2, -0.15) is 0 Å². The van der Waals surface area contributed by atoms with E-state index < -0.39 is 5.97 Å². The average molecular weight is 270 g/mol. The number of carboxylic acid groups (broad SMARTS) is 1. The Morgan fingerprint density at radius 2 is 1.70 bits per heavy atom. The first-order valence-corrected chi connectivity index (χ1v) is 6.70. The van der Waals surface area contributed by atoms with E-state index in [9.17, 15) is 4.79 Å². The fourth-order valence-corrected chi connectivity index (χ4v) is 2.06. The first-order chi connectivity index (χ1) is 9.77. The van der Waals surface area contributed by atoms with Crippen LogP contribution in [-0.4, -0.2) is 17.7 Å². The highest BCUT2D eigenvalue weighted by Crippen LogP contribution is 2.10. The van der Waals surface area contributed by atoms with Crippen LogP contribution in [0.4, 0.5) is 0 Å². The molecule has 0 saturated heterocycles. The van der Waals surface area contributed by atoms with Crippen LogP contribution in [0.1, 0.15) is 27.9 Å². The van der Waals surface area contributed by atoms with Gasteiger partial charge in [0.25, 0.3) is 0 Å². The second kappa shape index (κ2) is 7.46. The number of aryl methyl sites for hydroxylation is 1. The molecule has 0 saturated carbocycles. The highest BCUT2D eigenvalue weighted by Gasteiger charge is 2.08. The fraction of sp³-hybridized carbons (Fsp3) is 0.235. The molecule has 20 heavy (non-hydrogen) atoms. The van der Waals surface area contributed by atoms with Crippen LogP contribution in [0, 0.1) is 0 Å². The summed E-state index contributed by atoms with van der Waals surface area (Å²) in [6.07, 6.45) is 1.90. The third-order valence-electron chi connectivity index (χ3n) is 3.10. The molecule has 0 aromatic heterocycles. The van der Waals surface area contributed by atoms with E-state index >= 15 is 0 Å². The maximum atomic E-state index is 11.0. The van der Waals surface area contributed by atoms with Crippen molar-refractivity contribution in [3.63, 3.8) is 0 Å². The maximum absolute atomic E-state index is 11.0. The number of aromatic carboxylic acids is 1. The minimum atomic E-state index is -0.909. The van der Waals surface area contributed by atoms with E-state index in [-0.39, 0.29) is 0 Å². The van der Waals surface area contributed by atoms with E-state index in [1.807, 2.05) is 24.3 Å². The van der Waals surface area contributed by atoms with Gasteiger partial charge < -0.3 is 9.84 Å². The Bertz CT molecular complexity index is 549. The van der Waals surface area contributed by atoms with Crippen LogP contribution in [0.3, 0.4) is 0 Å². The standard InChI is InChI=1S/C17H18O3/c18-17(19)16-11-5-4-10-15(16)13-20-12-6-9-14-7-2-1-3-8-14/h1-5,7-8,10-11H,6,9,12-13H2,(H,18,19). The molecule has 0 bridgehead atoms. The summed E-state index contributed by atoms with van der Waals surface area (Å²) in [6, 6.07) is 17.2. The second-order valence-electron chi connectivity index (χ2n) is 4.60. The largest absolute Gasteiger partial charge is 0.478 e. The van der Waals surface area contributed by atoms with E-state index in [4.69, 9.17) is 9.84 Å². The first-order valence-electron chi connectivity index (χ1n) is 6.70. The van der Waals surface area contributed by atoms with Crippen LogP contribution in [0.25, 0.3) is 0 Å². The van der Waals surface area contributed by atoms with Crippen molar-refractivity contribution in [2.75, 3.05) is 6.61 Å². The van der Waals surface area contributed by atoms with Gasteiger partial charge in [0, 0.05) is 6.61 Å². The molecule has 2 aromatic carbocycles. The lowest BCUT2D eigenvalue weighted by Gasteiger charge is -2.07. The molecule has 0 fully saturated rings. The molecule has 3 heteroatoms. The van der Waals surface area contributed by atoms with Crippen molar-refractivity contribution in [1.29, 1.82) is 0 Å². The van der Waals surface area contributed by atoms with Crippen molar-refractivity contribution in [3.8, 4) is 0 Å². The lowest BCUT2D eigenvalue weighted by atomic mass is 10.1. The van der Waals surface area contributed by atoms with Gasteiger partial charge in [-0.1, -0.05) is 48.5 Å². The molecule has 0 atom stereocenters. The van der Waals surface area contributed by atoms with Gasteiger partial charge in [0.05, 0.1) is 12.2 Å². The van der Waals surface area contributed by atoms with Crippen LogP contribution in [-0.2, 0) is 17.8 Å². The molecule has 0 amide bonds. The number of carboxylic acids is 1. The Morgan fingerprint density at radius 1 is 1.00 bits per heavy atom. The Morgan fingerprint density at radius 3 is 2.45 bits per heavy atom. The molecule has 104 valence electrons. The second-order valence-corrected chi connectivity index (χ2v) is 4.60. The Labute approximate surface area is 118 Å². The van der Waals surface area contributed by atoms with Crippen LogP contribution >= 0.6 is 0 Å². The van der Waals surface area contributed by atoms with Gasteiger partial charge in [-0.25, -0.2) is 4.79 Å². The van der Waals surface area contributed by atoms with Gasteiger partial charge in [0.1, 0.15) is 0 Å². The Hall–Kier alpha value is -2.13. The van der Waals surface area contributed by atoms with Crippen LogP contribution in [0.15, 0.2) is 54.6 Å². The summed E-state index contributed by atoms with van der Waals surface area (Å²) in [5.74, 6) is -0.909. The molecule has 0 aliphatic rings. The fourth-order valence-electron chi connectivity index (χ4n) is 2.06. The summed E-state index contributed by atoms with van der Waals surface area (Å²) >= 11 is 0. The van der Waals surface area contributed by atoms with E-state index in [1.165, 1.54) is 5.56 Å². The van der Waals surface area contributed by atoms with E-state index in [2.05, 4.69) is 12.1 Å². The Balaban J connectivity index is 1.75. The van der Waals surface area contributed by atoms with Gasteiger partial charge in [-0.3, -0.25) is 0 Å². The molecule has 2 rings (SSSR count). The van der Waals surface area contributed by atoms with E-state index in [0.717, 1.165) is 18.4 Å². The van der Waals surface area contributed by atoms with Crippen LogP contribution in [0.2, 0.25) is 0 Å². The summed E-state index contributed by atoms with van der Waals surface area (Å²) in [4.78, 5) is 11.0. The summed E-state index contributed by atoms with van der Waals surface area (Å²) in [5, 5.41) is 9.06. The van der Waals surface area contributed by atoms with Crippen molar-refractivity contribution in [2.45, 2.75) is 19.4 Å². The van der Waals surface area contributed by atoms with Gasteiger partial charge >= 0.3 is 5.97 Å². The summed E-state index contributed by atoms with van der Waals surface area (Å²) in [7, 11) is 0. The van der Waals surface area contributed by atoms with E-state index in [1.54, 1.807) is 18.2 Å². The van der Waals surface area contributed by atoms with Crippen LogP contribution in [0.5, 0.6) is 0 Å². The minimum Gasteiger partial charge on any atom is -0.478 e. The average Bonchev–Trinajstić information content (AvgIpc) is 2.48. The van der Waals surface area contributed by atoms with Crippen LogP contribution < -0.4 is 0 Å². The zero-order chi connectivity index (χ0) is 14.2. The molecule has 2 aromatic rings. The van der Waals surface area contributed by atoms with Crippen molar-refractivity contribution >= 4 is 5.97 Å². The van der Waals surface area contributed by atoms with E-state index in [0.29, 0.717) is 18.8 Å². The topological polar surface area (TPSA) is 46.5 Å². The molecular formula is C17H18O3. The zero-order valence-electron chi connectivity index (χ0n) is 11.3. The molecule has 0 heterocycles. The molecule has 0 spiro atoms. The molecule has 0 aliphatic carbocycles. The maximum Gasteiger partial charge on any atom is 0.336 e. The highest BCUT2D eigenvalue weighted by molar-refractivity contribution is 5.89. The summed E-state index contributed by atoms with van der Waals surface area (Å²) in [5.41, 5.74) is 2.33. The monoisotopic (exact) mass is 270 g/mol. The SMILES string of the molecule is O=C(O)c1ccccc1COCCCc1ccccc1. The molecule has 3 nitrogen and oxygen atoms in total. The first kappa shape index (κ1) is 14.3. The number of rotatable bonds is 7. The molecule has 0 unspecified atom stereocenters. The lowest BCUT2D eigenvalue weighted by molar-refractivity contribution is 0.0687. The minimum absolute atomic E-state index is 0.315. The summed E-state index contributed by atoms with van der Waals surface area (Å²) < 4.78 is 5.57. The van der Waals surface area contributed by atoms with Crippen molar-refractivity contribution < 1.29 is 14.6 Å². The van der Waals surface area contributed by atoms with Gasteiger partial charge in [-0.15, -0.1) is 0 Å².